The minimum Gasteiger partial charge on any atom is -0.497 e. The van der Waals surface area contributed by atoms with Crippen LogP contribution in [-0.4, -0.2) is 34.1 Å². The van der Waals surface area contributed by atoms with Gasteiger partial charge in [0, 0.05) is 16.8 Å². The lowest BCUT2D eigenvalue weighted by atomic mass is 10.0. The van der Waals surface area contributed by atoms with E-state index in [2.05, 4.69) is 10.2 Å². The molecule has 2 aromatic heterocycles. The highest BCUT2D eigenvalue weighted by Gasteiger charge is 2.32. The number of benzene rings is 3. The maximum Gasteiger partial charge on any atom is 0.416 e. The van der Waals surface area contributed by atoms with Gasteiger partial charge in [0.05, 0.1) is 30.9 Å². The van der Waals surface area contributed by atoms with Crippen molar-refractivity contribution < 1.29 is 27.8 Å². The molecule has 2 heterocycles. The third-order valence-electron chi connectivity index (χ3n) is 5.82. The third kappa shape index (κ3) is 3.74. The van der Waals surface area contributed by atoms with Gasteiger partial charge in [-0.3, -0.25) is 9.67 Å². The summed E-state index contributed by atoms with van der Waals surface area (Å²) in [4.78, 5) is 0. The highest BCUT2D eigenvalue weighted by molar-refractivity contribution is 6.07. The first-order valence-corrected chi connectivity index (χ1v) is 10.6. The van der Waals surface area contributed by atoms with Crippen molar-refractivity contribution in [1.29, 1.82) is 0 Å². The first kappa shape index (κ1) is 22.4. The quantitative estimate of drug-likeness (QED) is 0.305. The summed E-state index contributed by atoms with van der Waals surface area (Å²) in [6.45, 7) is 0. The van der Waals surface area contributed by atoms with E-state index in [0.29, 0.717) is 33.8 Å². The molecule has 2 N–H and O–H groups in total. The van der Waals surface area contributed by atoms with E-state index in [1.807, 2.05) is 12.1 Å². The van der Waals surface area contributed by atoms with E-state index in [1.165, 1.54) is 23.8 Å². The zero-order valence-electron chi connectivity index (χ0n) is 18.7. The van der Waals surface area contributed by atoms with Gasteiger partial charge in [0.25, 0.3) is 0 Å². The molecule has 0 aliphatic rings. The van der Waals surface area contributed by atoms with E-state index >= 15 is 0 Å². The van der Waals surface area contributed by atoms with Crippen LogP contribution in [0.4, 0.5) is 13.2 Å². The lowest BCUT2D eigenvalue weighted by molar-refractivity contribution is -0.137. The number of nitrogens with zero attached hydrogens (tertiary/aromatic N) is 2. The second-order valence-corrected chi connectivity index (χ2v) is 7.81. The summed E-state index contributed by atoms with van der Waals surface area (Å²) in [6, 6.07) is 19.1. The Hall–Kier alpha value is -4.40. The highest BCUT2D eigenvalue weighted by atomic mass is 19.4. The van der Waals surface area contributed by atoms with E-state index < -0.39 is 11.7 Å². The third-order valence-corrected chi connectivity index (χ3v) is 5.82. The number of rotatable bonds is 5. The molecular formula is C26H20F3N3O3. The average Bonchev–Trinajstić information content (AvgIpc) is 3.42. The molecule has 0 aliphatic carbocycles. The number of nitrogens with one attached hydrogen (secondary N) is 1. The number of H-pyrrole nitrogens is 1. The molecule has 5 aromatic rings. The monoisotopic (exact) mass is 479 g/mol. The van der Waals surface area contributed by atoms with Crippen LogP contribution in [0.15, 0.2) is 72.8 Å². The van der Waals surface area contributed by atoms with Gasteiger partial charge >= 0.3 is 6.18 Å². The minimum atomic E-state index is -4.54. The number of halogens is 3. The topological polar surface area (TPSA) is 72.3 Å². The largest absolute Gasteiger partial charge is 0.497 e. The first-order chi connectivity index (χ1) is 16.8. The van der Waals surface area contributed by atoms with Gasteiger partial charge < -0.3 is 14.6 Å². The number of alkyl halides is 3. The molecule has 0 saturated heterocycles. The van der Waals surface area contributed by atoms with E-state index in [-0.39, 0.29) is 17.1 Å². The molecule has 0 amide bonds. The Bertz CT molecular complexity index is 1520. The Morgan fingerprint density at radius 1 is 0.914 bits per heavy atom. The Morgan fingerprint density at radius 2 is 1.66 bits per heavy atom. The molecule has 178 valence electrons. The maximum absolute atomic E-state index is 13.5. The molecular weight excluding hydrogens is 459 g/mol. The van der Waals surface area contributed by atoms with E-state index in [0.717, 1.165) is 17.7 Å². The molecule has 0 spiro atoms. The molecule has 0 atom stereocenters. The molecule has 0 bridgehead atoms. The summed E-state index contributed by atoms with van der Waals surface area (Å²) < 4.78 is 52.7. The van der Waals surface area contributed by atoms with E-state index in [1.54, 1.807) is 43.5 Å². The number of aromatic amines is 1. The van der Waals surface area contributed by atoms with Gasteiger partial charge in [0.15, 0.2) is 0 Å². The number of fused-ring (bicyclic) bond motifs is 1. The predicted octanol–water partition coefficient (Wildman–Crippen LogP) is 6.43. The van der Waals surface area contributed by atoms with Gasteiger partial charge in [-0.2, -0.15) is 18.3 Å². The van der Waals surface area contributed by atoms with E-state index in [4.69, 9.17) is 9.47 Å². The first-order valence-electron chi connectivity index (χ1n) is 10.6. The van der Waals surface area contributed by atoms with Crippen LogP contribution in [-0.2, 0) is 6.18 Å². The molecule has 0 aliphatic heterocycles. The van der Waals surface area contributed by atoms with Crippen molar-refractivity contribution in [3.63, 3.8) is 0 Å². The van der Waals surface area contributed by atoms with Gasteiger partial charge in [0.1, 0.15) is 22.7 Å². The number of aromatic hydroxyl groups is 1. The molecule has 0 radical (unpaired) electrons. The fourth-order valence-corrected chi connectivity index (χ4v) is 4.19. The Balaban J connectivity index is 1.86. The Morgan fingerprint density at radius 3 is 2.34 bits per heavy atom. The lowest BCUT2D eigenvalue weighted by Gasteiger charge is -2.16. The van der Waals surface area contributed by atoms with Crippen molar-refractivity contribution in [3.8, 4) is 45.6 Å². The summed E-state index contributed by atoms with van der Waals surface area (Å²) >= 11 is 0. The summed E-state index contributed by atoms with van der Waals surface area (Å²) in [5.41, 5.74) is 1.87. The van der Waals surface area contributed by atoms with Crippen LogP contribution >= 0.6 is 0 Å². The van der Waals surface area contributed by atoms with Crippen LogP contribution in [0.3, 0.4) is 0 Å². The normalized spacial score (nSPS) is 11.7. The maximum atomic E-state index is 13.5. The van der Waals surface area contributed by atoms with Gasteiger partial charge in [-0.15, -0.1) is 0 Å². The van der Waals surface area contributed by atoms with Crippen LogP contribution in [0.5, 0.6) is 17.4 Å². The van der Waals surface area contributed by atoms with Crippen molar-refractivity contribution in [2.45, 2.75) is 6.18 Å². The summed E-state index contributed by atoms with van der Waals surface area (Å²) in [7, 11) is 3.07. The van der Waals surface area contributed by atoms with Crippen LogP contribution in [0.1, 0.15) is 5.56 Å². The van der Waals surface area contributed by atoms with Gasteiger partial charge in [-0.05, 0) is 54.6 Å². The van der Waals surface area contributed by atoms with E-state index in [9.17, 15) is 18.3 Å². The van der Waals surface area contributed by atoms with Crippen LogP contribution in [0, 0.1) is 0 Å². The number of ether oxygens (including phenoxy) is 2. The number of aromatic nitrogens is 3. The number of methoxy groups -OCH3 is 2. The van der Waals surface area contributed by atoms with Crippen molar-refractivity contribution in [2.24, 2.45) is 0 Å². The molecule has 0 unspecified atom stereocenters. The molecule has 9 heteroatoms. The SMILES string of the molecule is COc1ccc(-c2n[nH]c3c(O)n(-c4cccc(C(F)(F)F)c4)c(-c4ccccc4OC)c23)cc1. The smallest absolute Gasteiger partial charge is 0.416 e. The Kier molecular flexibility index (Phi) is 5.39. The molecule has 0 saturated carbocycles. The standard InChI is InChI=1S/C26H20F3N3O3/c1-34-18-12-10-15(11-13-18)22-21-23(31-30-22)25(33)32(17-7-5-6-16(14-17)26(27,28)29)24(21)19-8-3-4-9-20(19)35-2/h3-14,31,33H,1-2H3. The Labute approximate surface area is 198 Å². The number of hydrogen-bond donors (Lipinski definition) is 2. The fourth-order valence-electron chi connectivity index (χ4n) is 4.19. The van der Waals surface area contributed by atoms with Crippen LogP contribution < -0.4 is 9.47 Å². The summed E-state index contributed by atoms with van der Waals surface area (Å²) in [6.07, 6.45) is -4.54. The molecule has 35 heavy (non-hydrogen) atoms. The zero-order valence-corrected chi connectivity index (χ0v) is 18.7. The van der Waals surface area contributed by atoms with Crippen LogP contribution in [0.25, 0.3) is 39.1 Å². The van der Waals surface area contributed by atoms with Crippen molar-refractivity contribution in [2.75, 3.05) is 14.2 Å². The molecule has 5 rings (SSSR count). The highest BCUT2D eigenvalue weighted by Crippen LogP contribution is 2.46. The fraction of sp³-hybridized carbons (Fsp3) is 0.115. The second kappa shape index (κ2) is 8.43. The minimum absolute atomic E-state index is 0.142. The van der Waals surface area contributed by atoms with Crippen LogP contribution in [0.2, 0.25) is 0 Å². The van der Waals surface area contributed by atoms with Gasteiger partial charge in [0.2, 0.25) is 5.88 Å². The summed E-state index contributed by atoms with van der Waals surface area (Å²) in [5.74, 6) is 0.879. The lowest BCUT2D eigenvalue weighted by Crippen LogP contribution is -2.06. The number of hydrogen-bond acceptors (Lipinski definition) is 4. The zero-order chi connectivity index (χ0) is 24.7. The number of para-hydroxylation sites is 1. The predicted molar refractivity (Wildman–Crippen MR) is 126 cm³/mol. The van der Waals surface area contributed by atoms with Crippen molar-refractivity contribution in [3.05, 3.63) is 78.4 Å². The average molecular weight is 479 g/mol. The molecule has 0 fully saturated rings. The summed E-state index contributed by atoms with van der Waals surface area (Å²) in [5, 5.41) is 19.0. The van der Waals surface area contributed by atoms with Crippen molar-refractivity contribution >= 4 is 10.9 Å². The van der Waals surface area contributed by atoms with Crippen molar-refractivity contribution in [1.82, 2.24) is 14.8 Å². The molecule has 3 aromatic carbocycles. The van der Waals surface area contributed by atoms with Gasteiger partial charge in [-0.1, -0.05) is 18.2 Å². The van der Waals surface area contributed by atoms with Gasteiger partial charge in [-0.25, -0.2) is 0 Å². The second-order valence-electron chi connectivity index (χ2n) is 7.81. The molecule has 6 nitrogen and oxygen atoms in total.